The second-order valence-electron chi connectivity index (χ2n) is 2.23. The van der Waals surface area contributed by atoms with Crippen LogP contribution in [0.15, 0.2) is 18.3 Å². The van der Waals surface area contributed by atoms with Crippen LogP contribution in [-0.2, 0) is 0 Å². The van der Waals surface area contributed by atoms with Crippen LogP contribution in [0.2, 0.25) is 0 Å². The van der Waals surface area contributed by atoms with E-state index in [4.69, 9.17) is 5.26 Å². The molecule has 0 radical (unpaired) electrons. The normalized spacial score (nSPS) is 8.73. The first-order valence-corrected chi connectivity index (χ1v) is 3.36. The maximum atomic E-state index is 8.26. The Morgan fingerprint density at radius 3 is 3.18 bits per heavy atom. The molecule has 1 aromatic heterocycles. The van der Waals surface area contributed by atoms with Gasteiger partial charge in [-0.3, -0.25) is 0 Å². The van der Waals surface area contributed by atoms with Crippen molar-refractivity contribution in [2.75, 3.05) is 11.9 Å². The molecule has 0 aliphatic heterocycles. The molecule has 1 aromatic rings. The fraction of sp³-hybridized carbons (Fsp3) is 0.250. The molecule has 0 aliphatic rings. The summed E-state index contributed by atoms with van der Waals surface area (Å²) in [6, 6.07) is 5.80. The van der Waals surface area contributed by atoms with Crippen LogP contribution in [0.25, 0.3) is 0 Å². The molecule has 0 atom stereocenters. The monoisotopic (exact) mass is 147 g/mol. The van der Waals surface area contributed by atoms with Gasteiger partial charge in [-0.2, -0.15) is 5.26 Å². The summed E-state index contributed by atoms with van der Waals surface area (Å²) in [5, 5.41) is 11.1. The van der Waals surface area contributed by atoms with Gasteiger partial charge in [0.1, 0.15) is 12.4 Å². The molecule has 56 valence electrons. The zero-order valence-corrected chi connectivity index (χ0v) is 6.33. The lowest BCUT2D eigenvalue weighted by Crippen LogP contribution is -2.00. The van der Waals surface area contributed by atoms with E-state index in [1.807, 2.05) is 25.1 Å². The quantitative estimate of drug-likeness (QED) is 0.642. The number of aromatic nitrogens is 1. The summed E-state index contributed by atoms with van der Waals surface area (Å²) in [4.78, 5) is 4.01. The van der Waals surface area contributed by atoms with E-state index in [9.17, 15) is 0 Å². The van der Waals surface area contributed by atoms with E-state index >= 15 is 0 Å². The van der Waals surface area contributed by atoms with Crippen molar-refractivity contribution in [2.45, 2.75) is 6.92 Å². The highest BCUT2D eigenvalue weighted by Gasteiger charge is 1.90. The highest BCUT2D eigenvalue weighted by atomic mass is 15.0. The van der Waals surface area contributed by atoms with Gasteiger partial charge in [-0.1, -0.05) is 0 Å². The summed E-state index contributed by atoms with van der Waals surface area (Å²) in [7, 11) is 0. The molecule has 11 heavy (non-hydrogen) atoms. The number of nitrogens with zero attached hydrogens (tertiary/aromatic N) is 2. The lowest BCUT2D eigenvalue weighted by atomic mass is 10.3. The topological polar surface area (TPSA) is 48.7 Å². The summed E-state index contributed by atoms with van der Waals surface area (Å²) in [5.74, 6) is 0.756. The largest absolute Gasteiger partial charge is 0.357 e. The van der Waals surface area contributed by atoms with E-state index in [2.05, 4.69) is 10.3 Å². The average molecular weight is 147 g/mol. The molecule has 0 aliphatic carbocycles. The van der Waals surface area contributed by atoms with Gasteiger partial charge in [-0.15, -0.1) is 0 Å². The van der Waals surface area contributed by atoms with Crippen LogP contribution in [0, 0.1) is 18.3 Å². The lowest BCUT2D eigenvalue weighted by Gasteiger charge is -1.99. The van der Waals surface area contributed by atoms with Crippen molar-refractivity contribution >= 4 is 5.82 Å². The maximum absolute atomic E-state index is 8.26. The van der Waals surface area contributed by atoms with Gasteiger partial charge >= 0.3 is 0 Å². The number of aryl methyl sites for hydroxylation is 1. The van der Waals surface area contributed by atoms with Gasteiger partial charge in [-0.25, -0.2) is 4.98 Å². The van der Waals surface area contributed by atoms with Crippen LogP contribution in [0.3, 0.4) is 0 Å². The molecule has 0 spiro atoms. The molecule has 0 unspecified atom stereocenters. The molecule has 1 N–H and O–H groups in total. The third kappa shape index (κ3) is 2.26. The molecular formula is C8H9N3. The van der Waals surface area contributed by atoms with Gasteiger partial charge in [0.05, 0.1) is 6.07 Å². The van der Waals surface area contributed by atoms with E-state index in [1.165, 1.54) is 0 Å². The molecule has 0 saturated heterocycles. The number of anilines is 1. The SMILES string of the molecule is Cc1ccnc(NCC#N)c1. The number of hydrogen-bond donors (Lipinski definition) is 1. The highest BCUT2D eigenvalue weighted by molar-refractivity contribution is 5.37. The Labute approximate surface area is 65.7 Å². The van der Waals surface area contributed by atoms with Crippen LogP contribution in [0.1, 0.15) is 5.56 Å². The predicted octanol–water partition coefficient (Wildman–Crippen LogP) is 1.33. The Kier molecular flexibility index (Phi) is 2.45. The third-order valence-electron chi connectivity index (χ3n) is 1.26. The molecule has 1 rings (SSSR count). The highest BCUT2D eigenvalue weighted by Crippen LogP contribution is 2.03. The molecular weight excluding hydrogens is 138 g/mol. The minimum atomic E-state index is 0.302. The second kappa shape index (κ2) is 3.57. The maximum Gasteiger partial charge on any atom is 0.126 e. The second-order valence-corrected chi connectivity index (χ2v) is 2.23. The molecule has 0 amide bonds. The van der Waals surface area contributed by atoms with E-state index in [-0.39, 0.29) is 0 Å². The molecule has 0 bridgehead atoms. The van der Waals surface area contributed by atoms with Gasteiger partial charge in [-0.05, 0) is 24.6 Å². The van der Waals surface area contributed by atoms with Crippen LogP contribution in [-0.4, -0.2) is 11.5 Å². The molecule has 0 aromatic carbocycles. The molecule has 1 heterocycles. The number of rotatable bonds is 2. The van der Waals surface area contributed by atoms with Crippen LogP contribution < -0.4 is 5.32 Å². The van der Waals surface area contributed by atoms with Crippen LogP contribution in [0.5, 0.6) is 0 Å². The first-order chi connectivity index (χ1) is 5.33. The van der Waals surface area contributed by atoms with Gasteiger partial charge in [0.2, 0.25) is 0 Å². The van der Waals surface area contributed by atoms with Gasteiger partial charge in [0, 0.05) is 6.20 Å². The molecule has 0 saturated carbocycles. The number of hydrogen-bond acceptors (Lipinski definition) is 3. The number of nitriles is 1. The Balaban J connectivity index is 2.65. The van der Waals surface area contributed by atoms with E-state index in [0.717, 1.165) is 11.4 Å². The Bertz CT molecular complexity index is 275. The summed E-state index contributed by atoms with van der Waals surface area (Å²) in [5.41, 5.74) is 1.14. The summed E-state index contributed by atoms with van der Waals surface area (Å²) in [6.07, 6.45) is 1.72. The number of pyridine rings is 1. The number of nitrogens with one attached hydrogen (secondary N) is 1. The van der Waals surface area contributed by atoms with Crippen molar-refractivity contribution < 1.29 is 0 Å². The first-order valence-electron chi connectivity index (χ1n) is 3.36. The molecule has 0 fully saturated rings. The smallest absolute Gasteiger partial charge is 0.126 e. The van der Waals surface area contributed by atoms with Crippen molar-refractivity contribution in [2.24, 2.45) is 0 Å². The summed E-state index contributed by atoms with van der Waals surface area (Å²) >= 11 is 0. The van der Waals surface area contributed by atoms with Gasteiger partial charge in [0.15, 0.2) is 0 Å². The van der Waals surface area contributed by atoms with Crippen molar-refractivity contribution in [1.29, 1.82) is 5.26 Å². The Hall–Kier alpha value is -1.56. The van der Waals surface area contributed by atoms with Crippen LogP contribution in [0.4, 0.5) is 5.82 Å². The van der Waals surface area contributed by atoms with Crippen molar-refractivity contribution in [3.63, 3.8) is 0 Å². The summed E-state index contributed by atoms with van der Waals surface area (Å²) < 4.78 is 0. The molecule has 3 heteroatoms. The van der Waals surface area contributed by atoms with Crippen LogP contribution >= 0.6 is 0 Å². The van der Waals surface area contributed by atoms with Crippen molar-refractivity contribution in [3.8, 4) is 6.07 Å². The van der Waals surface area contributed by atoms with Crippen molar-refractivity contribution in [3.05, 3.63) is 23.9 Å². The third-order valence-corrected chi connectivity index (χ3v) is 1.26. The van der Waals surface area contributed by atoms with E-state index in [1.54, 1.807) is 6.20 Å². The zero-order valence-electron chi connectivity index (χ0n) is 6.33. The minimum Gasteiger partial charge on any atom is -0.357 e. The Morgan fingerprint density at radius 1 is 1.73 bits per heavy atom. The fourth-order valence-corrected chi connectivity index (χ4v) is 0.763. The van der Waals surface area contributed by atoms with Crippen molar-refractivity contribution in [1.82, 2.24) is 4.98 Å². The van der Waals surface area contributed by atoms with Gasteiger partial charge in [0.25, 0.3) is 0 Å². The van der Waals surface area contributed by atoms with E-state index < -0.39 is 0 Å². The Morgan fingerprint density at radius 2 is 2.55 bits per heavy atom. The van der Waals surface area contributed by atoms with Gasteiger partial charge < -0.3 is 5.32 Å². The fourth-order valence-electron chi connectivity index (χ4n) is 0.763. The molecule has 3 nitrogen and oxygen atoms in total. The minimum absolute atomic E-state index is 0.302. The van der Waals surface area contributed by atoms with E-state index in [0.29, 0.717) is 6.54 Å². The average Bonchev–Trinajstić information content (AvgIpc) is 2.01. The summed E-state index contributed by atoms with van der Waals surface area (Å²) in [6.45, 7) is 2.29. The standard InChI is InChI=1S/C8H9N3/c1-7-2-4-10-8(6-7)11-5-3-9/h2,4,6H,5H2,1H3,(H,10,11). The first kappa shape index (κ1) is 7.55. The zero-order chi connectivity index (χ0) is 8.10. The predicted molar refractivity (Wildman–Crippen MR) is 43.1 cm³/mol. The lowest BCUT2D eigenvalue weighted by molar-refractivity contribution is 1.21.